The van der Waals surface area contributed by atoms with Crippen LogP contribution in [0.25, 0.3) is 22.2 Å². The van der Waals surface area contributed by atoms with E-state index in [1.54, 1.807) is 0 Å². The average Bonchev–Trinajstić information content (AvgIpc) is 3.03. The van der Waals surface area contributed by atoms with Crippen molar-refractivity contribution < 1.29 is 0 Å². The van der Waals surface area contributed by atoms with E-state index in [1.807, 2.05) is 25.1 Å². The molecule has 4 N–H and O–H groups in total. The van der Waals surface area contributed by atoms with Crippen LogP contribution in [0.3, 0.4) is 0 Å². The summed E-state index contributed by atoms with van der Waals surface area (Å²) in [4.78, 5) is 7.51. The minimum atomic E-state index is 0.194. The first-order valence-corrected chi connectivity index (χ1v) is 7.65. The van der Waals surface area contributed by atoms with Crippen LogP contribution in [0, 0.1) is 0 Å². The number of fused-ring (bicyclic) bond motifs is 1. The van der Waals surface area contributed by atoms with Crippen molar-refractivity contribution in [2.45, 2.75) is 13.3 Å². The van der Waals surface area contributed by atoms with Gasteiger partial charge >= 0.3 is 0 Å². The molecule has 112 valence electrons. The first-order valence-electron chi connectivity index (χ1n) is 6.21. The van der Waals surface area contributed by atoms with Crippen molar-refractivity contribution in [2.75, 3.05) is 11.1 Å². The predicted octanol–water partition coefficient (Wildman–Crippen LogP) is 4.17. The number of H-pyrrole nitrogens is 2. The number of rotatable bonds is 2. The summed E-state index contributed by atoms with van der Waals surface area (Å²) < 4.78 is 0. The van der Waals surface area contributed by atoms with E-state index < -0.39 is 0 Å². The number of hydrogen-bond donors (Lipinski definition) is 3. The van der Waals surface area contributed by atoms with E-state index in [4.69, 9.17) is 40.5 Å². The van der Waals surface area contributed by atoms with Gasteiger partial charge in [-0.15, -0.1) is 23.2 Å². The number of aromatic amines is 2. The SMILES string of the molecule is CCc1nc(-c2ccc3c(N)n[nH]c3c2)c(Cl)[nH]1.ClCCl. The Kier molecular flexibility index (Phi) is 5.33. The number of aryl methyl sites for hydroxylation is 1. The Balaban J connectivity index is 0.000000497. The highest BCUT2D eigenvalue weighted by Crippen LogP contribution is 2.29. The van der Waals surface area contributed by atoms with Crippen LogP contribution in [0.4, 0.5) is 5.82 Å². The topological polar surface area (TPSA) is 83.4 Å². The van der Waals surface area contributed by atoms with E-state index in [9.17, 15) is 0 Å². The van der Waals surface area contributed by atoms with Gasteiger partial charge in [0, 0.05) is 17.4 Å². The van der Waals surface area contributed by atoms with Gasteiger partial charge in [-0.05, 0) is 12.1 Å². The van der Waals surface area contributed by atoms with Crippen molar-refractivity contribution in [1.82, 2.24) is 20.2 Å². The molecule has 2 heterocycles. The standard InChI is InChI=1S/C12H12ClN5.CH2Cl2/c1-2-9-15-10(11(13)16-9)6-3-4-7-8(5-6)17-18-12(7)14;2-1-3/h3-5H,2H2,1H3,(H,15,16)(H3,14,17,18);1H2. The fourth-order valence-corrected chi connectivity index (χ4v) is 2.21. The number of alkyl halides is 2. The molecule has 3 aromatic rings. The summed E-state index contributed by atoms with van der Waals surface area (Å²) in [6.07, 6.45) is 0.818. The first kappa shape index (κ1) is 15.9. The lowest BCUT2D eigenvalue weighted by Crippen LogP contribution is -1.84. The lowest BCUT2D eigenvalue weighted by Gasteiger charge is -1.98. The highest BCUT2D eigenvalue weighted by molar-refractivity contribution is 6.40. The Morgan fingerprint density at radius 3 is 2.62 bits per heavy atom. The number of anilines is 1. The van der Waals surface area contributed by atoms with Gasteiger partial charge in [-0.25, -0.2) is 4.98 Å². The van der Waals surface area contributed by atoms with E-state index in [0.717, 1.165) is 34.4 Å². The van der Waals surface area contributed by atoms with Gasteiger partial charge in [-0.2, -0.15) is 5.10 Å². The van der Waals surface area contributed by atoms with Crippen molar-refractivity contribution in [2.24, 2.45) is 0 Å². The number of hydrogen-bond acceptors (Lipinski definition) is 3. The molecular formula is C13H14Cl3N5. The molecule has 0 radical (unpaired) electrons. The number of halogens is 3. The molecule has 0 fully saturated rings. The molecule has 0 bridgehead atoms. The smallest absolute Gasteiger partial charge is 0.153 e. The van der Waals surface area contributed by atoms with Gasteiger partial charge in [0.2, 0.25) is 0 Å². The van der Waals surface area contributed by atoms with Crippen LogP contribution in [-0.2, 0) is 6.42 Å². The monoisotopic (exact) mass is 345 g/mol. The molecule has 5 nitrogen and oxygen atoms in total. The number of nitrogens with zero attached hydrogens (tertiary/aromatic N) is 2. The molecule has 1 aromatic carbocycles. The summed E-state index contributed by atoms with van der Waals surface area (Å²) in [5.41, 5.74) is 8.30. The minimum absolute atomic E-state index is 0.194. The molecule has 3 rings (SSSR count). The highest BCUT2D eigenvalue weighted by atomic mass is 35.5. The maximum absolute atomic E-state index is 6.15. The Labute approximate surface area is 136 Å². The zero-order valence-electron chi connectivity index (χ0n) is 11.3. The van der Waals surface area contributed by atoms with Gasteiger partial charge < -0.3 is 10.7 Å². The molecule has 0 unspecified atom stereocenters. The van der Waals surface area contributed by atoms with Crippen molar-refractivity contribution in [3.8, 4) is 11.3 Å². The Hall–Kier alpha value is -1.43. The summed E-state index contributed by atoms with van der Waals surface area (Å²) in [5.74, 6) is 1.37. The molecule has 8 heteroatoms. The molecule has 0 aliphatic heterocycles. The number of nitrogens with one attached hydrogen (secondary N) is 2. The van der Waals surface area contributed by atoms with E-state index >= 15 is 0 Å². The summed E-state index contributed by atoms with van der Waals surface area (Å²) in [5, 5.41) is 8.50. The predicted molar refractivity (Wildman–Crippen MR) is 89.0 cm³/mol. The Bertz CT molecular complexity index is 735. The fraction of sp³-hybridized carbons (Fsp3) is 0.231. The minimum Gasteiger partial charge on any atom is -0.382 e. The maximum Gasteiger partial charge on any atom is 0.153 e. The van der Waals surface area contributed by atoms with Gasteiger partial charge in [0.05, 0.1) is 10.9 Å². The molecule has 0 atom stereocenters. The fourth-order valence-electron chi connectivity index (χ4n) is 1.94. The van der Waals surface area contributed by atoms with Crippen LogP contribution in [0.15, 0.2) is 18.2 Å². The van der Waals surface area contributed by atoms with Crippen LogP contribution < -0.4 is 5.73 Å². The number of imidazole rings is 1. The zero-order chi connectivity index (χ0) is 15.4. The van der Waals surface area contributed by atoms with E-state index in [-0.39, 0.29) is 5.34 Å². The molecule has 0 aliphatic rings. The lowest BCUT2D eigenvalue weighted by atomic mass is 10.1. The maximum atomic E-state index is 6.15. The molecule has 2 aromatic heterocycles. The van der Waals surface area contributed by atoms with Crippen molar-refractivity contribution >= 4 is 51.5 Å². The average molecular weight is 347 g/mol. The van der Waals surface area contributed by atoms with Crippen LogP contribution in [-0.4, -0.2) is 25.5 Å². The molecule has 21 heavy (non-hydrogen) atoms. The van der Waals surface area contributed by atoms with E-state index in [1.165, 1.54) is 0 Å². The van der Waals surface area contributed by atoms with E-state index in [0.29, 0.717) is 11.0 Å². The van der Waals surface area contributed by atoms with Crippen molar-refractivity contribution in [3.05, 3.63) is 29.2 Å². The van der Waals surface area contributed by atoms with E-state index in [2.05, 4.69) is 20.2 Å². The van der Waals surface area contributed by atoms with Crippen LogP contribution in [0.2, 0.25) is 5.15 Å². The lowest BCUT2D eigenvalue weighted by molar-refractivity contribution is 0.991. The molecular weight excluding hydrogens is 333 g/mol. The third kappa shape index (κ3) is 3.43. The Morgan fingerprint density at radius 2 is 2.00 bits per heavy atom. The van der Waals surface area contributed by atoms with Crippen molar-refractivity contribution in [3.63, 3.8) is 0 Å². The first-order chi connectivity index (χ1) is 10.1. The van der Waals surface area contributed by atoms with Gasteiger partial charge in [0.1, 0.15) is 16.7 Å². The third-order valence-electron chi connectivity index (χ3n) is 2.91. The molecule has 0 aliphatic carbocycles. The number of benzene rings is 1. The number of nitrogens with two attached hydrogens (primary N) is 1. The molecule has 0 saturated heterocycles. The van der Waals surface area contributed by atoms with Gasteiger partial charge in [0.15, 0.2) is 5.82 Å². The second-order valence-corrected chi connectivity index (χ2v) is 5.36. The Morgan fingerprint density at radius 1 is 1.29 bits per heavy atom. The van der Waals surface area contributed by atoms with Crippen LogP contribution in [0.1, 0.15) is 12.7 Å². The van der Waals surface area contributed by atoms with Gasteiger partial charge in [-0.1, -0.05) is 24.6 Å². The van der Waals surface area contributed by atoms with Gasteiger partial charge in [-0.3, -0.25) is 5.10 Å². The van der Waals surface area contributed by atoms with Gasteiger partial charge in [0.25, 0.3) is 0 Å². The van der Waals surface area contributed by atoms with Crippen LogP contribution in [0.5, 0.6) is 0 Å². The summed E-state index contributed by atoms with van der Waals surface area (Å²) in [6, 6.07) is 5.80. The zero-order valence-corrected chi connectivity index (χ0v) is 13.5. The quantitative estimate of drug-likeness (QED) is 0.609. The second kappa shape index (κ2) is 7.02. The van der Waals surface area contributed by atoms with Crippen LogP contribution >= 0.6 is 34.8 Å². The number of aromatic nitrogens is 4. The summed E-state index contributed by atoms with van der Waals surface area (Å²) in [6.45, 7) is 2.03. The molecule has 0 spiro atoms. The second-order valence-electron chi connectivity index (χ2n) is 4.17. The molecule has 0 amide bonds. The normalized spacial score (nSPS) is 10.5. The van der Waals surface area contributed by atoms with Crippen molar-refractivity contribution in [1.29, 1.82) is 0 Å². The summed E-state index contributed by atoms with van der Waals surface area (Å²) in [7, 11) is 0. The third-order valence-corrected chi connectivity index (χ3v) is 3.18. The summed E-state index contributed by atoms with van der Waals surface area (Å²) >= 11 is 15.7. The number of nitrogen functional groups attached to an aromatic ring is 1. The molecule has 0 saturated carbocycles. The highest BCUT2D eigenvalue weighted by Gasteiger charge is 2.11. The largest absolute Gasteiger partial charge is 0.382 e.